The van der Waals surface area contributed by atoms with Crippen molar-refractivity contribution in [3.8, 4) is 0 Å². The van der Waals surface area contributed by atoms with E-state index in [9.17, 15) is 0 Å². The highest BCUT2D eigenvalue weighted by molar-refractivity contribution is 4.67. The van der Waals surface area contributed by atoms with Crippen molar-refractivity contribution in [1.82, 2.24) is 4.90 Å². The molecule has 0 bridgehead atoms. The summed E-state index contributed by atoms with van der Waals surface area (Å²) in [6.07, 6.45) is 4.29. The van der Waals surface area contributed by atoms with Gasteiger partial charge in [-0.25, -0.2) is 0 Å². The molecule has 1 rings (SSSR count). The highest BCUT2D eigenvalue weighted by Gasteiger charge is 2.13. The summed E-state index contributed by atoms with van der Waals surface area (Å²) in [6.45, 7) is 7.33. The molecule has 1 heterocycles. The molecule has 1 heteroatoms. The Morgan fingerprint density at radius 3 is 1.91 bits per heavy atom. The summed E-state index contributed by atoms with van der Waals surface area (Å²) >= 11 is 0. The van der Waals surface area contributed by atoms with E-state index in [-0.39, 0.29) is 0 Å². The van der Waals surface area contributed by atoms with Gasteiger partial charge in [-0.05, 0) is 31.7 Å². The van der Waals surface area contributed by atoms with E-state index in [0.29, 0.717) is 0 Å². The van der Waals surface area contributed by atoms with Crippen LogP contribution in [0.3, 0.4) is 0 Å². The van der Waals surface area contributed by atoms with Crippen LogP contribution >= 0.6 is 0 Å². The van der Waals surface area contributed by atoms with Crippen LogP contribution in [0.15, 0.2) is 0 Å². The summed E-state index contributed by atoms with van der Waals surface area (Å²) in [7, 11) is 2.25. The van der Waals surface area contributed by atoms with E-state index in [0.717, 1.165) is 11.8 Å². The molecule has 0 radical (unpaired) electrons. The first-order valence-corrected chi connectivity index (χ1v) is 4.87. The normalized spacial score (nSPS) is 36.3. The van der Waals surface area contributed by atoms with Crippen LogP contribution in [0.2, 0.25) is 0 Å². The molecular formula is C10H21N. The lowest BCUT2D eigenvalue weighted by Crippen LogP contribution is -2.30. The van der Waals surface area contributed by atoms with Gasteiger partial charge in [0.1, 0.15) is 0 Å². The SMILES string of the molecule is CC1CCCC(C)CN(C)C1. The second kappa shape index (κ2) is 4.10. The summed E-state index contributed by atoms with van der Waals surface area (Å²) in [5.74, 6) is 1.82. The van der Waals surface area contributed by atoms with Crippen molar-refractivity contribution in [3.63, 3.8) is 0 Å². The van der Waals surface area contributed by atoms with E-state index in [1.165, 1.54) is 32.4 Å². The van der Waals surface area contributed by atoms with Crippen molar-refractivity contribution in [1.29, 1.82) is 0 Å². The average Bonchev–Trinajstić information content (AvgIpc) is 1.83. The zero-order chi connectivity index (χ0) is 8.27. The Morgan fingerprint density at radius 2 is 1.45 bits per heavy atom. The van der Waals surface area contributed by atoms with E-state index in [4.69, 9.17) is 0 Å². The lowest BCUT2D eigenvalue weighted by atomic mass is 9.95. The topological polar surface area (TPSA) is 3.24 Å². The standard InChI is InChI=1S/C10H21N/c1-9-5-4-6-10(2)8-11(3)7-9/h9-10H,4-8H2,1-3H3. The van der Waals surface area contributed by atoms with Gasteiger partial charge in [-0.3, -0.25) is 0 Å². The molecule has 1 fully saturated rings. The maximum absolute atomic E-state index is 2.48. The first kappa shape index (κ1) is 9.05. The molecule has 1 nitrogen and oxygen atoms in total. The molecule has 2 unspecified atom stereocenters. The van der Waals surface area contributed by atoms with Crippen molar-refractivity contribution < 1.29 is 0 Å². The second-order valence-electron chi connectivity index (χ2n) is 4.36. The Hall–Kier alpha value is -0.0400. The van der Waals surface area contributed by atoms with Crippen molar-refractivity contribution in [2.75, 3.05) is 20.1 Å². The molecule has 66 valence electrons. The Balaban J connectivity index is 2.34. The van der Waals surface area contributed by atoms with Crippen LogP contribution in [0.5, 0.6) is 0 Å². The number of hydrogen-bond donors (Lipinski definition) is 0. The zero-order valence-electron chi connectivity index (χ0n) is 8.14. The molecule has 1 saturated heterocycles. The Labute approximate surface area is 70.8 Å². The number of likely N-dealkylation sites (tertiary alicyclic amines) is 1. The van der Waals surface area contributed by atoms with Crippen LogP contribution in [0.4, 0.5) is 0 Å². The smallest absolute Gasteiger partial charge is 0.000408 e. The summed E-state index contributed by atoms with van der Waals surface area (Å²) in [5, 5.41) is 0. The molecule has 0 spiro atoms. The van der Waals surface area contributed by atoms with Crippen LogP contribution in [-0.4, -0.2) is 25.0 Å². The number of hydrogen-bond acceptors (Lipinski definition) is 1. The molecular weight excluding hydrogens is 134 g/mol. The van der Waals surface area contributed by atoms with E-state index >= 15 is 0 Å². The molecule has 0 N–H and O–H groups in total. The first-order chi connectivity index (χ1) is 5.18. The zero-order valence-corrected chi connectivity index (χ0v) is 8.14. The number of nitrogens with zero attached hydrogens (tertiary/aromatic N) is 1. The van der Waals surface area contributed by atoms with Gasteiger partial charge in [0.15, 0.2) is 0 Å². The van der Waals surface area contributed by atoms with Crippen LogP contribution in [0, 0.1) is 11.8 Å². The summed E-state index contributed by atoms with van der Waals surface area (Å²) in [4.78, 5) is 2.48. The Morgan fingerprint density at radius 1 is 1.00 bits per heavy atom. The summed E-state index contributed by atoms with van der Waals surface area (Å²) in [6, 6.07) is 0. The minimum absolute atomic E-state index is 0.910. The molecule has 0 aromatic rings. The quantitative estimate of drug-likeness (QED) is 0.519. The van der Waals surface area contributed by atoms with E-state index in [1.54, 1.807) is 0 Å². The van der Waals surface area contributed by atoms with Crippen LogP contribution in [-0.2, 0) is 0 Å². The molecule has 0 aromatic heterocycles. The predicted octanol–water partition coefficient (Wildman–Crippen LogP) is 2.37. The number of rotatable bonds is 0. The lowest BCUT2D eigenvalue weighted by molar-refractivity contribution is 0.212. The van der Waals surface area contributed by atoms with Gasteiger partial charge in [0.05, 0.1) is 0 Å². The van der Waals surface area contributed by atoms with Crippen LogP contribution in [0.25, 0.3) is 0 Å². The maximum atomic E-state index is 2.48. The van der Waals surface area contributed by atoms with Crippen molar-refractivity contribution in [2.45, 2.75) is 33.1 Å². The molecule has 11 heavy (non-hydrogen) atoms. The fourth-order valence-electron chi connectivity index (χ4n) is 2.14. The van der Waals surface area contributed by atoms with Gasteiger partial charge < -0.3 is 4.90 Å². The summed E-state index contributed by atoms with van der Waals surface area (Å²) in [5.41, 5.74) is 0. The highest BCUT2D eigenvalue weighted by atomic mass is 15.1. The highest BCUT2D eigenvalue weighted by Crippen LogP contribution is 2.18. The molecule has 0 amide bonds. The lowest BCUT2D eigenvalue weighted by Gasteiger charge is -2.27. The molecule has 1 aliphatic heterocycles. The van der Waals surface area contributed by atoms with Crippen LogP contribution in [0.1, 0.15) is 33.1 Å². The van der Waals surface area contributed by atoms with Gasteiger partial charge in [-0.15, -0.1) is 0 Å². The van der Waals surface area contributed by atoms with Crippen LogP contribution < -0.4 is 0 Å². The van der Waals surface area contributed by atoms with Crippen molar-refractivity contribution in [3.05, 3.63) is 0 Å². The monoisotopic (exact) mass is 155 g/mol. The molecule has 1 aliphatic rings. The second-order valence-corrected chi connectivity index (χ2v) is 4.36. The van der Waals surface area contributed by atoms with Gasteiger partial charge in [-0.1, -0.05) is 20.3 Å². The van der Waals surface area contributed by atoms with Crippen molar-refractivity contribution >= 4 is 0 Å². The Bertz CT molecular complexity index is 99.4. The van der Waals surface area contributed by atoms with Gasteiger partial charge in [0, 0.05) is 13.1 Å². The van der Waals surface area contributed by atoms with Gasteiger partial charge in [0.25, 0.3) is 0 Å². The molecule has 0 saturated carbocycles. The first-order valence-electron chi connectivity index (χ1n) is 4.87. The van der Waals surface area contributed by atoms with Gasteiger partial charge in [0.2, 0.25) is 0 Å². The van der Waals surface area contributed by atoms with E-state index in [1.807, 2.05) is 0 Å². The largest absolute Gasteiger partial charge is 0.306 e. The molecule has 0 aromatic carbocycles. The molecule has 0 aliphatic carbocycles. The minimum Gasteiger partial charge on any atom is -0.306 e. The fourth-order valence-corrected chi connectivity index (χ4v) is 2.14. The summed E-state index contributed by atoms with van der Waals surface area (Å²) < 4.78 is 0. The van der Waals surface area contributed by atoms with Crippen molar-refractivity contribution in [2.24, 2.45) is 11.8 Å². The third kappa shape index (κ3) is 3.24. The third-order valence-electron chi connectivity index (χ3n) is 2.64. The minimum atomic E-state index is 0.910. The fraction of sp³-hybridized carbons (Fsp3) is 1.00. The third-order valence-corrected chi connectivity index (χ3v) is 2.64. The maximum Gasteiger partial charge on any atom is 0.000408 e. The average molecular weight is 155 g/mol. The van der Waals surface area contributed by atoms with E-state index < -0.39 is 0 Å². The van der Waals surface area contributed by atoms with Gasteiger partial charge >= 0.3 is 0 Å². The Kier molecular flexibility index (Phi) is 3.38. The van der Waals surface area contributed by atoms with E-state index in [2.05, 4.69) is 25.8 Å². The molecule has 2 atom stereocenters. The predicted molar refractivity (Wildman–Crippen MR) is 49.7 cm³/mol. The van der Waals surface area contributed by atoms with Gasteiger partial charge in [-0.2, -0.15) is 0 Å².